The third-order valence-electron chi connectivity index (χ3n) is 6.61. The summed E-state index contributed by atoms with van der Waals surface area (Å²) in [7, 11) is 0. The zero-order valence-corrected chi connectivity index (χ0v) is 23.3. The molecule has 0 aromatic heterocycles. The summed E-state index contributed by atoms with van der Waals surface area (Å²) in [5, 5.41) is 18.9. The lowest BCUT2D eigenvalue weighted by Gasteiger charge is -2.15. The van der Waals surface area contributed by atoms with Crippen molar-refractivity contribution >= 4 is 5.97 Å². The molecule has 2 aromatic carbocycles. The van der Waals surface area contributed by atoms with Gasteiger partial charge in [-0.15, -0.1) is 0 Å². The largest absolute Gasteiger partial charge is 0.508 e. The molecular formula is C32H48O6. The second-order valence-electron chi connectivity index (χ2n) is 9.93. The van der Waals surface area contributed by atoms with Crippen LogP contribution in [0, 0.1) is 0 Å². The van der Waals surface area contributed by atoms with E-state index in [1.807, 2.05) is 0 Å². The van der Waals surface area contributed by atoms with Crippen LogP contribution < -0.4 is 14.2 Å². The standard InChI is InChI=1S/C32H48O6/c1-2-3-4-5-6-7-8-9-10-11-12-13-14-15-24-37-30-19-16-18-29(32(34)35)31(30)38-26-17-25-36-28-22-20-27(33)21-23-28/h16,18-23,33H,2-15,17,24-26H2,1H3,(H,34,35). The van der Waals surface area contributed by atoms with Gasteiger partial charge in [0.2, 0.25) is 0 Å². The maximum atomic E-state index is 11.7. The van der Waals surface area contributed by atoms with E-state index in [4.69, 9.17) is 14.2 Å². The summed E-state index contributed by atoms with van der Waals surface area (Å²) in [6.07, 6.45) is 18.8. The number of phenols is 1. The van der Waals surface area contributed by atoms with E-state index in [1.165, 1.54) is 83.1 Å². The number of ether oxygens (including phenoxy) is 3. The first-order chi connectivity index (χ1) is 18.6. The van der Waals surface area contributed by atoms with Gasteiger partial charge in [-0.25, -0.2) is 4.79 Å². The predicted molar refractivity (Wildman–Crippen MR) is 153 cm³/mol. The normalized spacial score (nSPS) is 10.9. The highest BCUT2D eigenvalue weighted by Gasteiger charge is 2.16. The van der Waals surface area contributed by atoms with E-state index in [0.29, 0.717) is 37.7 Å². The van der Waals surface area contributed by atoms with Crippen molar-refractivity contribution in [2.75, 3.05) is 19.8 Å². The molecule has 0 fully saturated rings. The monoisotopic (exact) mass is 528 g/mol. The van der Waals surface area contributed by atoms with Gasteiger partial charge in [0.25, 0.3) is 0 Å². The Morgan fingerprint density at radius 3 is 1.74 bits per heavy atom. The molecule has 6 heteroatoms. The number of hydrogen-bond acceptors (Lipinski definition) is 5. The number of para-hydroxylation sites is 1. The Balaban J connectivity index is 1.59. The number of carboxylic acid groups (broad SMARTS) is 1. The number of carbonyl (C=O) groups is 1. The summed E-state index contributed by atoms with van der Waals surface area (Å²) < 4.78 is 17.4. The lowest BCUT2D eigenvalue weighted by Crippen LogP contribution is -2.10. The molecule has 2 aromatic rings. The van der Waals surface area contributed by atoms with Crippen LogP contribution in [-0.4, -0.2) is 36.0 Å². The number of benzene rings is 2. The fourth-order valence-corrected chi connectivity index (χ4v) is 4.39. The van der Waals surface area contributed by atoms with Crippen LogP contribution in [0.5, 0.6) is 23.0 Å². The number of phenolic OH excluding ortho intramolecular Hbond substituents is 1. The van der Waals surface area contributed by atoms with E-state index < -0.39 is 5.97 Å². The molecule has 6 nitrogen and oxygen atoms in total. The molecule has 212 valence electrons. The molecule has 0 aliphatic heterocycles. The fourth-order valence-electron chi connectivity index (χ4n) is 4.39. The third-order valence-corrected chi connectivity index (χ3v) is 6.61. The second kappa shape index (κ2) is 20.1. The van der Waals surface area contributed by atoms with E-state index in [2.05, 4.69) is 6.92 Å². The Hall–Kier alpha value is -2.89. The molecule has 2 N–H and O–H groups in total. The minimum atomic E-state index is -1.04. The van der Waals surface area contributed by atoms with E-state index in [0.717, 1.165) is 12.8 Å². The number of unbranched alkanes of at least 4 members (excludes halogenated alkanes) is 13. The maximum Gasteiger partial charge on any atom is 0.339 e. The summed E-state index contributed by atoms with van der Waals surface area (Å²) in [6, 6.07) is 11.5. The molecule has 0 heterocycles. The van der Waals surface area contributed by atoms with Crippen molar-refractivity contribution in [1.82, 2.24) is 0 Å². The van der Waals surface area contributed by atoms with E-state index in [9.17, 15) is 15.0 Å². The molecule has 0 saturated heterocycles. The molecular weight excluding hydrogens is 480 g/mol. The SMILES string of the molecule is CCCCCCCCCCCCCCCCOc1cccc(C(=O)O)c1OCCCOc1ccc(O)cc1. The molecule has 0 amide bonds. The molecule has 0 saturated carbocycles. The number of aromatic hydroxyl groups is 1. The summed E-state index contributed by atoms with van der Waals surface area (Å²) in [5.74, 6) is 0.551. The lowest BCUT2D eigenvalue weighted by molar-refractivity contribution is 0.0690. The van der Waals surface area contributed by atoms with Crippen molar-refractivity contribution in [3.05, 3.63) is 48.0 Å². The Morgan fingerprint density at radius 2 is 1.16 bits per heavy atom. The van der Waals surface area contributed by atoms with Gasteiger partial charge >= 0.3 is 5.97 Å². The van der Waals surface area contributed by atoms with Crippen LogP contribution in [-0.2, 0) is 0 Å². The van der Waals surface area contributed by atoms with Gasteiger partial charge < -0.3 is 24.4 Å². The molecule has 2 rings (SSSR count). The number of rotatable bonds is 23. The van der Waals surface area contributed by atoms with Gasteiger partial charge in [0.1, 0.15) is 17.1 Å². The maximum absolute atomic E-state index is 11.7. The average Bonchev–Trinajstić information content (AvgIpc) is 2.92. The minimum absolute atomic E-state index is 0.0999. The Labute approximate surface area is 229 Å². The zero-order chi connectivity index (χ0) is 27.3. The Bertz CT molecular complexity index is 880. The molecule has 0 atom stereocenters. The van der Waals surface area contributed by atoms with Gasteiger partial charge in [-0.2, -0.15) is 0 Å². The van der Waals surface area contributed by atoms with Gasteiger partial charge in [0.15, 0.2) is 11.5 Å². The molecule has 0 bridgehead atoms. The third kappa shape index (κ3) is 13.6. The first kappa shape index (κ1) is 31.3. The summed E-state index contributed by atoms with van der Waals surface area (Å²) in [6.45, 7) is 3.52. The first-order valence-corrected chi connectivity index (χ1v) is 14.7. The van der Waals surface area contributed by atoms with Gasteiger partial charge in [-0.3, -0.25) is 0 Å². The van der Waals surface area contributed by atoms with E-state index in [-0.39, 0.29) is 17.1 Å². The van der Waals surface area contributed by atoms with Crippen LogP contribution >= 0.6 is 0 Å². The average molecular weight is 529 g/mol. The summed E-state index contributed by atoms with van der Waals surface area (Å²) >= 11 is 0. The van der Waals surface area contributed by atoms with Crippen LogP contribution in [0.15, 0.2) is 42.5 Å². The van der Waals surface area contributed by atoms with Gasteiger partial charge in [0, 0.05) is 6.42 Å². The highest BCUT2D eigenvalue weighted by molar-refractivity contribution is 5.92. The molecule has 0 unspecified atom stereocenters. The Kier molecular flexibility index (Phi) is 16.6. The molecule has 0 spiro atoms. The van der Waals surface area contributed by atoms with Crippen LogP contribution in [0.25, 0.3) is 0 Å². The van der Waals surface area contributed by atoms with Crippen LogP contribution in [0.4, 0.5) is 0 Å². The smallest absolute Gasteiger partial charge is 0.339 e. The molecule has 38 heavy (non-hydrogen) atoms. The summed E-state index contributed by atoms with van der Waals surface area (Å²) in [5.41, 5.74) is 0.0999. The zero-order valence-electron chi connectivity index (χ0n) is 23.3. The molecule has 0 aliphatic carbocycles. The van der Waals surface area contributed by atoms with E-state index >= 15 is 0 Å². The Morgan fingerprint density at radius 1 is 0.632 bits per heavy atom. The lowest BCUT2D eigenvalue weighted by atomic mass is 10.0. The molecule has 0 aliphatic rings. The first-order valence-electron chi connectivity index (χ1n) is 14.7. The van der Waals surface area contributed by atoms with Gasteiger partial charge in [-0.1, -0.05) is 96.5 Å². The predicted octanol–water partition coefficient (Wildman–Crippen LogP) is 8.80. The highest BCUT2D eigenvalue weighted by atomic mass is 16.5. The van der Waals surface area contributed by atoms with Crippen molar-refractivity contribution in [3.63, 3.8) is 0 Å². The fraction of sp³-hybridized carbons (Fsp3) is 0.594. The molecule has 0 radical (unpaired) electrons. The summed E-state index contributed by atoms with van der Waals surface area (Å²) in [4.78, 5) is 11.7. The number of aromatic carboxylic acids is 1. The second-order valence-corrected chi connectivity index (χ2v) is 9.93. The minimum Gasteiger partial charge on any atom is -0.508 e. The van der Waals surface area contributed by atoms with Crippen LogP contribution in [0.3, 0.4) is 0 Å². The van der Waals surface area contributed by atoms with Crippen molar-refractivity contribution < 1.29 is 29.2 Å². The highest BCUT2D eigenvalue weighted by Crippen LogP contribution is 2.32. The number of carboxylic acids is 1. The van der Waals surface area contributed by atoms with Crippen molar-refractivity contribution in [1.29, 1.82) is 0 Å². The van der Waals surface area contributed by atoms with Crippen LogP contribution in [0.2, 0.25) is 0 Å². The number of hydrogen-bond donors (Lipinski definition) is 2. The van der Waals surface area contributed by atoms with Gasteiger partial charge in [-0.05, 0) is 42.8 Å². The van der Waals surface area contributed by atoms with Crippen molar-refractivity contribution in [3.8, 4) is 23.0 Å². The van der Waals surface area contributed by atoms with Crippen molar-refractivity contribution in [2.24, 2.45) is 0 Å². The quantitative estimate of drug-likeness (QED) is 0.140. The van der Waals surface area contributed by atoms with Crippen LogP contribution in [0.1, 0.15) is 114 Å². The van der Waals surface area contributed by atoms with E-state index in [1.54, 1.807) is 36.4 Å². The van der Waals surface area contributed by atoms with Gasteiger partial charge in [0.05, 0.1) is 19.8 Å². The van der Waals surface area contributed by atoms with Crippen molar-refractivity contribution in [2.45, 2.75) is 103 Å². The topological polar surface area (TPSA) is 85.2 Å².